The van der Waals surface area contributed by atoms with E-state index in [0.717, 1.165) is 47.6 Å². The predicted octanol–water partition coefficient (Wildman–Crippen LogP) is 3.21. The molecule has 2 rings (SSSR count). The van der Waals surface area contributed by atoms with Gasteiger partial charge in [-0.3, -0.25) is 0 Å². The van der Waals surface area contributed by atoms with Crippen molar-refractivity contribution < 1.29 is 5.11 Å². The van der Waals surface area contributed by atoms with Crippen LogP contribution in [-0.2, 0) is 13.0 Å². The minimum atomic E-state index is 0.138. The third-order valence-corrected chi connectivity index (χ3v) is 4.79. The summed E-state index contributed by atoms with van der Waals surface area (Å²) in [6.07, 6.45) is 5.98. The molecule has 0 spiro atoms. The maximum Gasteiger partial charge on any atom is 0.185 e. The highest BCUT2D eigenvalue weighted by Gasteiger charge is 2.24. The Morgan fingerprint density at radius 2 is 2.22 bits per heavy atom. The van der Waals surface area contributed by atoms with E-state index in [9.17, 15) is 5.11 Å². The highest BCUT2D eigenvalue weighted by atomic mass is 32.1. The van der Waals surface area contributed by atoms with Crippen LogP contribution < -0.4 is 4.90 Å². The number of hydrogen-bond donors (Lipinski definition) is 1. The summed E-state index contributed by atoms with van der Waals surface area (Å²) in [6.45, 7) is 6.84. The summed E-state index contributed by atoms with van der Waals surface area (Å²) in [5.41, 5.74) is 1.11. The Morgan fingerprint density at radius 1 is 1.39 bits per heavy atom. The van der Waals surface area contributed by atoms with Gasteiger partial charge in [0.05, 0.1) is 17.2 Å². The van der Waals surface area contributed by atoms with Gasteiger partial charge in [0.2, 0.25) is 0 Å². The van der Waals surface area contributed by atoms with Crippen molar-refractivity contribution in [2.24, 2.45) is 5.92 Å². The fourth-order valence-corrected chi connectivity index (χ4v) is 3.71. The molecule has 0 saturated carbocycles. The van der Waals surface area contributed by atoms with Crippen LogP contribution in [0, 0.1) is 5.92 Å². The molecule has 1 fully saturated rings. The van der Waals surface area contributed by atoms with E-state index in [4.69, 9.17) is 4.98 Å². The van der Waals surface area contributed by atoms with Gasteiger partial charge in [0.1, 0.15) is 0 Å². The van der Waals surface area contributed by atoms with Crippen LogP contribution in [0.4, 0.5) is 5.13 Å². The van der Waals surface area contributed by atoms with Crippen molar-refractivity contribution in [2.75, 3.05) is 18.0 Å². The minimum Gasteiger partial charge on any atom is -0.391 e. The number of aryl methyl sites for hydroxylation is 1. The molecule has 1 aromatic heterocycles. The molecule has 102 valence electrons. The monoisotopic (exact) mass is 268 g/mol. The van der Waals surface area contributed by atoms with Crippen LogP contribution in [0.3, 0.4) is 0 Å². The lowest BCUT2D eigenvalue weighted by atomic mass is 10.0. The zero-order valence-corrected chi connectivity index (χ0v) is 12.3. The van der Waals surface area contributed by atoms with Crippen LogP contribution in [-0.4, -0.2) is 23.2 Å². The fraction of sp³-hybridized carbons (Fsp3) is 0.786. The van der Waals surface area contributed by atoms with Crippen molar-refractivity contribution in [1.82, 2.24) is 4.98 Å². The second-order valence-corrected chi connectivity index (χ2v) is 6.23. The number of thiazole rings is 1. The third-order valence-electron chi connectivity index (χ3n) is 3.65. The highest BCUT2D eigenvalue weighted by Crippen LogP contribution is 2.32. The third kappa shape index (κ3) is 3.04. The van der Waals surface area contributed by atoms with Gasteiger partial charge in [-0.1, -0.05) is 38.0 Å². The average Bonchev–Trinajstić information content (AvgIpc) is 2.96. The number of hydrogen-bond acceptors (Lipinski definition) is 4. The first-order valence-electron chi connectivity index (χ1n) is 7.12. The summed E-state index contributed by atoms with van der Waals surface area (Å²) in [5, 5.41) is 10.5. The Kier molecular flexibility index (Phi) is 5.01. The Hall–Kier alpha value is -0.610. The second kappa shape index (κ2) is 6.53. The van der Waals surface area contributed by atoms with E-state index >= 15 is 0 Å². The molecule has 0 radical (unpaired) electrons. The van der Waals surface area contributed by atoms with Gasteiger partial charge in [-0.25, -0.2) is 4.98 Å². The highest BCUT2D eigenvalue weighted by molar-refractivity contribution is 7.15. The molecule has 0 aliphatic carbocycles. The Morgan fingerprint density at radius 3 is 2.89 bits per heavy atom. The largest absolute Gasteiger partial charge is 0.391 e. The smallest absolute Gasteiger partial charge is 0.185 e. The van der Waals surface area contributed by atoms with Gasteiger partial charge in [-0.2, -0.15) is 0 Å². The first kappa shape index (κ1) is 13.8. The molecule has 0 bridgehead atoms. The summed E-state index contributed by atoms with van der Waals surface area (Å²) in [6, 6.07) is 0. The van der Waals surface area contributed by atoms with Crippen molar-refractivity contribution in [2.45, 2.75) is 52.6 Å². The molecule has 1 saturated heterocycles. The molecule has 1 N–H and O–H groups in total. The molecule has 1 aliphatic rings. The fourth-order valence-electron chi connectivity index (χ4n) is 2.71. The number of aromatic nitrogens is 1. The van der Waals surface area contributed by atoms with Crippen LogP contribution in [0.5, 0.6) is 0 Å². The van der Waals surface area contributed by atoms with Gasteiger partial charge in [-0.15, -0.1) is 0 Å². The quantitative estimate of drug-likeness (QED) is 0.860. The van der Waals surface area contributed by atoms with E-state index < -0.39 is 0 Å². The van der Waals surface area contributed by atoms with Crippen molar-refractivity contribution in [1.29, 1.82) is 0 Å². The minimum absolute atomic E-state index is 0.138. The standard InChI is InChI=1S/C14H24N2OS/c1-3-5-11-7-8-16(9-11)14-15-12(6-4-2)13(10-17)18-14/h11,17H,3-10H2,1-2H3. The van der Waals surface area contributed by atoms with Crippen LogP contribution in [0.25, 0.3) is 0 Å². The zero-order chi connectivity index (χ0) is 13.0. The Labute approximate surface area is 114 Å². The number of anilines is 1. The van der Waals surface area contributed by atoms with Crippen LogP contribution >= 0.6 is 11.3 Å². The summed E-state index contributed by atoms with van der Waals surface area (Å²) >= 11 is 1.68. The molecule has 3 nitrogen and oxygen atoms in total. The van der Waals surface area contributed by atoms with Crippen molar-refractivity contribution in [3.8, 4) is 0 Å². The lowest BCUT2D eigenvalue weighted by molar-refractivity contribution is 0.284. The second-order valence-electron chi connectivity index (χ2n) is 5.16. The lowest BCUT2D eigenvalue weighted by Gasteiger charge is -2.14. The molecule has 1 atom stereocenters. The van der Waals surface area contributed by atoms with Gasteiger partial charge >= 0.3 is 0 Å². The molecule has 1 aliphatic heterocycles. The molecular weight excluding hydrogens is 244 g/mol. The van der Waals surface area contributed by atoms with Gasteiger partial charge in [0, 0.05) is 13.1 Å². The maximum atomic E-state index is 9.39. The maximum absolute atomic E-state index is 9.39. The lowest BCUT2D eigenvalue weighted by Crippen LogP contribution is -2.19. The van der Waals surface area contributed by atoms with E-state index in [1.165, 1.54) is 19.3 Å². The molecule has 2 heterocycles. The van der Waals surface area contributed by atoms with Crippen LogP contribution in [0.1, 0.15) is 50.1 Å². The number of rotatable bonds is 6. The zero-order valence-electron chi connectivity index (χ0n) is 11.5. The average molecular weight is 268 g/mol. The Bertz CT molecular complexity index is 378. The summed E-state index contributed by atoms with van der Waals surface area (Å²) in [4.78, 5) is 8.20. The molecular formula is C14H24N2OS. The van der Waals surface area contributed by atoms with Gasteiger partial charge in [-0.05, 0) is 25.2 Å². The van der Waals surface area contributed by atoms with Crippen molar-refractivity contribution >= 4 is 16.5 Å². The molecule has 1 aromatic rings. The van der Waals surface area contributed by atoms with E-state index in [1.54, 1.807) is 11.3 Å². The van der Waals surface area contributed by atoms with Crippen molar-refractivity contribution in [3.05, 3.63) is 10.6 Å². The van der Waals surface area contributed by atoms with E-state index in [-0.39, 0.29) is 6.61 Å². The molecule has 4 heteroatoms. The van der Waals surface area contributed by atoms with E-state index in [0.29, 0.717) is 0 Å². The summed E-state index contributed by atoms with van der Waals surface area (Å²) in [7, 11) is 0. The number of nitrogens with zero attached hydrogens (tertiary/aromatic N) is 2. The SMILES string of the molecule is CCCc1nc(N2CCC(CCC)C2)sc1CO. The predicted molar refractivity (Wildman–Crippen MR) is 77.3 cm³/mol. The first-order chi connectivity index (χ1) is 8.78. The Balaban J connectivity index is 2.05. The van der Waals surface area contributed by atoms with Crippen LogP contribution in [0.2, 0.25) is 0 Å². The molecule has 0 aromatic carbocycles. The molecule has 18 heavy (non-hydrogen) atoms. The number of aliphatic hydroxyl groups is 1. The number of aliphatic hydroxyl groups excluding tert-OH is 1. The van der Waals surface area contributed by atoms with Gasteiger partial charge in [0.25, 0.3) is 0 Å². The normalized spacial score (nSPS) is 19.7. The van der Waals surface area contributed by atoms with Gasteiger partial charge < -0.3 is 10.0 Å². The van der Waals surface area contributed by atoms with Crippen LogP contribution in [0.15, 0.2) is 0 Å². The van der Waals surface area contributed by atoms with E-state index in [1.807, 2.05) is 0 Å². The van der Waals surface area contributed by atoms with E-state index in [2.05, 4.69) is 18.7 Å². The summed E-state index contributed by atoms with van der Waals surface area (Å²) < 4.78 is 0. The first-order valence-corrected chi connectivity index (χ1v) is 7.94. The summed E-state index contributed by atoms with van der Waals surface area (Å²) in [5.74, 6) is 0.839. The molecule has 0 amide bonds. The van der Waals surface area contributed by atoms with Gasteiger partial charge in [0.15, 0.2) is 5.13 Å². The van der Waals surface area contributed by atoms with Crippen molar-refractivity contribution in [3.63, 3.8) is 0 Å². The topological polar surface area (TPSA) is 36.4 Å². The molecule has 1 unspecified atom stereocenters.